The van der Waals surface area contributed by atoms with Gasteiger partial charge in [0.25, 0.3) is 5.91 Å². The first kappa shape index (κ1) is 18.4. The first-order valence-electron chi connectivity index (χ1n) is 8.04. The number of rotatable bonds is 5. The summed E-state index contributed by atoms with van der Waals surface area (Å²) in [4.78, 5) is 28.1. The lowest BCUT2D eigenvalue weighted by Gasteiger charge is -2.09. The van der Waals surface area contributed by atoms with Crippen LogP contribution in [0.4, 0.5) is 17.2 Å². The smallest absolute Gasteiger partial charge is 0.337 e. The number of benzene rings is 2. The van der Waals surface area contributed by atoms with Crippen LogP contribution in [0.1, 0.15) is 20.7 Å². The van der Waals surface area contributed by atoms with E-state index in [9.17, 15) is 9.59 Å². The lowest BCUT2D eigenvalue weighted by molar-refractivity contribution is 0.0600. The van der Waals surface area contributed by atoms with Crippen LogP contribution in [0.25, 0.3) is 0 Å². The van der Waals surface area contributed by atoms with Gasteiger partial charge in [-0.2, -0.15) is 0 Å². The van der Waals surface area contributed by atoms with Gasteiger partial charge in [-0.05, 0) is 42.5 Å². The maximum Gasteiger partial charge on any atom is 0.337 e. The van der Waals surface area contributed by atoms with Crippen LogP contribution < -0.4 is 10.6 Å². The molecule has 0 aliphatic rings. The van der Waals surface area contributed by atoms with Gasteiger partial charge >= 0.3 is 5.97 Å². The maximum absolute atomic E-state index is 12.3. The number of carbonyl (C=O) groups is 2. The second-order valence-corrected chi connectivity index (χ2v) is 5.97. The standard InChI is InChI=1S/C20H16ClN3O3/c1-27-20(26)13-5-4-6-15(11-13)23-18-10-9-14(12-22-18)19(25)24-17-8-3-2-7-16(17)21/h2-12H,1H3,(H,22,23)(H,24,25). The molecule has 7 heteroatoms. The van der Waals surface area contributed by atoms with Crippen LogP contribution in [-0.4, -0.2) is 24.0 Å². The van der Waals surface area contributed by atoms with Crippen LogP contribution in [0, 0.1) is 0 Å². The van der Waals surface area contributed by atoms with Crippen molar-refractivity contribution in [2.45, 2.75) is 0 Å². The first-order valence-corrected chi connectivity index (χ1v) is 8.42. The molecule has 0 aliphatic heterocycles. The van der Waals surface area contributed by atoms with E-state index in [0.717, 1.165) is 0 Å². The average molecular weight is 382 g/mol. The molecule has 0 unspecified atom stereocenters. The lowest BCUT2D eigenvalue weighted by atomic mass is 10.2. The summed E-state index contributed by atoms with van der Waals surface area (Å²) < 4.78 is 4.70. The Labute approximate surface area is 161 Å². The summed E-state index contributed by atoms with van der Waals surface area (Å²) in [6.07, 6.45) is 1.46. The number of anilines is 3. The molecule has 0 atom stereocenters. The maximum atomic E-state index is 12.3. The fourth-order valence-electron chi connectivity index (χ4n) is 2.35. The van der Waals surface area contributed by atoms with Crippen molar-refractivity contribution in [3.05, 3.63) is 83.0 Å². The summed E-state index contributed by atoms with van der Waals surface area (Å²) in [6, 6.07) is 17.2. The number of hydrogen-bond donors (Lipinski definition) is 2. The summed E-state index contributed by atoms with van der Waals surface area (Å²) >= 11 is 6.04. The molecule has 0 radical (unpaired) electrons. The third kappa shape index (κ3) is 4.62. The van der Waals surface area contributed by atoms with Crippen molar-refractivity contribution < 1.29 is 14.3 Å². The Kier molecular flexibility index (Phi) is 5.68. The Hall–Kier alpha value is -3.38. The van der Waals surface area contributed by atoms with Crippen LogP contribution >= 0.6 is 11.6 Å². The molecule has 0 fully saturated rings. The van der Waals surface area contributed by atoms with Gasteiger partial charge in [-0.1, -0.05) is 29.8 Å². The second-order valence-electron chi connectivity index (χ2n) is 5.56. The molecule has 0 saturated heterocycles. The largest absolute Gasteiger partial charge is 0.465 e. The number of para-hydroxylation sites is 1. The van der Waals surface area contributed by atoms with E-state index in [0.29, 0.717) is 33.3 Å². The molecule has 0 aliphatic carbocycles. The summed E-state index contributed by atoms with van der Waals surface area (Å²) in [7, 11) is 1.33. The van der Waals surface area contributed by atoms with E-state index in [1.54, 1.807) is 60.7 Å². The van der Waals surface area contributed by atoms with Crippen LogP contribution in [0.5, 0.6) is 0 Å². The number of amides is 1. The Bertz CT molecular complexity index is 974. The topological polar surface area (TPSA) is 80.3 Å². The molecule has 3 aromatic rings. The zero-order chi connectivity index (χ0) is 19.2. The number of aromatic nitrogens is 1. The highest BCUT2D eigenvalue weighted by Gasteiger charge is 2.10. The molecule has 1 heterocycles. The third-order valence-electron chi connectivity index (χ3n) is 3.70. The minimum atomic E-state index is -0.418. The predicted octanol–water partition coefficient (Wildman–Crippen LogP) is 4.52. The summed E-state index contributed by atoms with van der Waals surface area (Å²) in [5.74, 6) is -0.195. The molecule has 27 heavy (non-hydrogen) atoms. The minimum absolute atomic E-state index is 0.310. The number of ether oxygens (including phenoxy) is 1. The van der Waals surface area contributed by atoms with Crippen molar-refractivity contribution >= 4 is 40.7 Å². The lowest BCUT2D eigenvalue weighted by Crippen LogP contribution is -2.12. The number of nitrogens with zero attached hydrogens (tertiary/aromatic N) is 1. The average Bonchev–Trinajstić information content (AvgIpc) is 2.70. The number of hydrogen-bond acceptors (Lipinski definition) is 5. The number of esters is 1. The van der Waals surface area contributed by atoms with Crippen molar-refractivity contribution in [2.24, 2.45) is 0 Å². The molecule has 2 aromatic carbocycles. The summed E-state index contributed by atoms with van der Waals surface area (Å²) in [5, 5.41) is 6.28. The molecule has 136 valence electrons. The van der Waals surface area contributed by atoms with Gasteiger partial charge in [-0.3, -0.25) is 4.79 Å². The number of pyridine rings is 1. The molecule has 3 rings (SSSR count). The number of nitrogens with one attached hydrogen (secondary N) is 2. The molecule has 1 aromatic heterocycles. The Morgan fingerprint density at radius 2 is 1.81 bits per heavy atom. The summed E-state index contributed by atoms with van der Waals surface area (Å²) in [5.41, 5.74) is 2.03. The molecule has 0 saturated carbocycles. The third-order valence-corrected chi connectivity index (χ3v) is 4.03. The van der Waals surface area contributed by atoms with Crippen molar-refractivity contribution in [1.82, 2.24) is 4.98 Å². The van der Waals surface area contributed by atoms with E-state index >= 15 is 0 Å². The van der Waals surface area contributed by atoms with Crippen molar-refractivity contribution in [3.8, 4) is 0 Å². The van der Waals surface area contributed by atoms with Gasteiger partial charge < -0.3 is 15.4 Å². The first-order chi connectivity index (χ1) is 13.1. The molecule has 2 N–H and O–H groups in total. The zero-order valence-electron chi connectivity index (χ0n) is 14.4. The normalized spacial score (nSPS) is 10.1. The van der Waals surface area contributed by atoms with E-state index < -0.39 is 5.97 Å². The van der Waals surface area contributed by atoms with Crippen LogP contribution in [0.3, 0.4) is 0 Å². The Morgan fingerprint density at radius 3 is 2.52 bits per heavy atom. The van der Waals surface area contributed by atoms with Gasteiger partial charge in [0.15, 0.2) is 0 Å². The summed E-state index contributed by atoms with van der Waals surface area (Å²) in [6.45, 7) is 0. The highest BCUT2D eigenvalue weighted by atomic mass is 35.5. The van der Waals surface area contributed by atoms with Crippen molar-refractivity contribution in [1.29, 1.82) is 0 Å². The highest BCUT2D eigenvalue weighted by Crippen LogP contribution is 2.21. The number of methoxy groups -OCH3 is 1. The molecule has 1 amide bonds. The Morgan fingerprint density at radius 1 is 1.00 bits per heavy atom. The van der Waals surface area contributed by atoms with Gasteiger partial charge in [0, 0.05) is 11.9 Å². The SMILES string of the molecule is COC(=O)c1cccc(Nc2ccc(C(=O)Nc3ccccc3Cl)cn2)c1. The predicted molar refractivity (Wildman–Crippen MR) is 105 cm³/mol. The minimum Gasteiger partial charge on any atom is -0.465 e. The monoisotopic (exact) mass is 381 g/mol. The quantitative estimate of drug-likeness (QED) is 0.635. The van der Waals surface area contributed by atoms with Crippen LogP contribution in [0.15, 0.2) is 66.9 Å². The Balaban J connectivity index is 1.69. The second kappa shape index (κ2) is 8.33. The number of halogens is 1. The molecular formula is C20H16ClN3O3. The van der Waals surface area contributed by atoms with Gasteiger partial charge in [0.1, 0.15) is 5.82 Å². The molecule has 0 bridgehead atoms. The van der Waals surface area contributed by atoms with E-state index in [4.69, 9.17) is 16.3 Å². The molecular weight excluding hydrogens is 366 g/mol. The van der Waals surface area contributed by atoms with Gasteiger partial charge in [0.2, 0.25) is 0 Å². The molecule has 0 spiro atoms. The van der Waals surface area contributed by atoms with E-state index in [2.05, 4.69) is 15.6 Å². The fourth-order valence-corrected chi connectivity index (χ4v) is 2.53. The fraction of sp³-hybridized carbons (Fsp3) is 0.0500. The van der Waals surface area contributed by atoms with Gasteiger partial charge in [-0.15, -0.1) is 0 Å². The number of carbonyl (C=O) groups excluding carboxylic acids is 2. The zero-order valence-corrected chi connectivity index (χ0v) is 15.2. The van der Waals surface area contributed by atoms with E-state index in [-0.39, 0.29) is 5.91 Å². The highest BCUT2D eigenvalue weighted by molar-refractivity contribution is 6.33. The van der Waals surface area contributed by atoms with Crippen molar-refractivity contribution in [3.63, 3.8) is 0 Å². The van der Waals surface area contributed by atoms with Crippen LogP contribution in [-0.2, 0) is 4.74 Å². The van der Waals surface area contributed by atoms with Gasteiger partial charge in [-0.25, -0.2) is 9.78 Å². The van der Waals surface area contributed by atoms with Crippen molar-refractivity contribution in [2.75, 3.05) is 17.7 Å². The van der Waals surface area contributed by atoms with E-state index in [1.165, 1.54) is 13.3 Å². The van der Waals surface area contributed by atoms with Crippen LogP contribution in [0.2, 0.25) is 5.02 Å². The molecule has 6 nitrogen and oxygen atoms in total. The van der Waals surface area contributed by atoms with E-state index in [1.807, 2.05) is 0 Å². The van der Waals surface area contributed by atoms with Gasteiger partial charge in [0.05, 0.1) is 28.9 Å².